The molecule has 2 aromatic carbocycles. The molecule has 9 heteroatoms. The van der Waals surface area contributed by atoms with Gasteiger partial charge >= 0.3 is 11.4 Å². The highest BCUT2D eigenvalue weighted by Crippen LogP contribution is 2.27. The molecule has 0 radical (unpaired) electrons. The van der Waals surface area contributed by atoms with Gasteiger partial charge < -0.3 is 20.4 Å². The smallest absolute Gasteiger partial charge is 0.369 e. The van der Waals surface area contributed by atoms with Crippen molar-refractivity contribution in [2.45, 2.75) is 0 Å². The topological polar surface area (TPSA) is 104 Å². The van der Waals surface area contributed by atoms with E-state index in [1.807, 2.05) is 4.90 Å². The van der Waals surface area contributed by atoms with E-state index in [1.54, 1.807) is 36.4 Å². The Morgan fingerprint density at radius 2 is 1.70 bits per heavy atom. The van der Waals surface area contributed by atoms with Gasteiger partial charge in [0.15, 0.2) is 11.9 Å². The molecule has 1 saturated heterocycles. The number of rotatable bonds is 4. The number of halogens is 1. The summed E-state index contributed by atoms with van der Waals surface area (Å²) in [4.78, 5) is 3.89. The first-order valence-electron chi connectivity index (χ1n) is 9.61. The number of anilines is 1. The van der Waals surface area contributed by atoms with Crippen LogP contribution in [0.2, 0.25) is 0 Å². The lowest BCUT2D eigenvalue weighted by molar-refractivity contribution is -0.622. The molecule has 0 bridgehead atoms. The zero-order valence-electron chi connectivity index (χ0n) is 16.2. The second-order valence-electron chi connectivity index (χ2n) is 7.11. The molecule has 0 atom stereocenters. The van der Waals surface area contributed by atoms with E-state index in [0.717, 1.165) is 6.07 Å². The molecule has 1 N–H and O–H groups in total. The molecule has 0 amide bonds. The molecule has 1 aliphatic heterocycles. The fourth-order valence-electron chi connectivity index (χ4n) is 3.84. The Morgan fingerprint density at radius 3 is 2.33 bits per heavy atom. The lowest BCUT2D eigenvalue weighted by Crippen LogP contribution is -2.48. The maximum Gasteiger partial charge on any atom is 0.369 e. The van der Waals surface area contributed by atoms with E-state index in [0.29, 0.717) is 47.7 Å². The predicted octanol–water partition coefficient (Wildman–Crippen LogP) is 0.899. The minimum atomic E-state index is -0.626. The van der Waals surface area contributed by atoms with Crippen molar-refractivity contribution >= 4 is 16.7 Å². The molecule has 1 aliphatic rings. The van der Waals surface area contributed by atoms with Crippen LogP contribution in [0.5, 0.6) is 0 Å². The molecule has 1 fully saturated rings. The Bertz CT molecular complexity index is 1130. The van der Waals surface area contributed by atoms with Gasteiger partial charge in [-0.15, -0.1) is 4.73 Å². The normalized spacial score (nSPS) is 14.8. The molecule has 154 valence electrons. The van der Waals surface area contributed by atoms with Crippen molar-refractivity contribution in [3.63, 3.8) is 0 Å². The van der Waals surface area contributed by atoms with Crippen molar-refractivity contribution in [2.75, 3.05) is 44.2 Å². The quantitative estimate of drug-likeness (QED) is 0.507. The van der Waals surface area contributed by atoms with Crippen LogP contribution < -0.4 is 14.4 Å². The van der Waals surface area contributed by atoms with Crippen molar-refractivity contribution in [1.29, 1.82) is 5.26 Å². The predicted molar refractivity (Wildman–Crippen MR) is 108 cm³/mol. The highest BCUT2D eigenvalue weighted by atomic mass is 19.1. The van der Waals surface area contributed by atoms with Crippen LogP contribution in [0.15, 0.2) is 42.5 Å². The van der Waals surface area contributed by atoms with E-state index in [4.69, 9.17) is 5.11 Å². The summed E-state index contributed by atoms with van der Waals surface area (Å²) in [6, 6.07) is 12.6. The number of hydrogen-bond donors (Lipinski definition) is 1. The number of piperazine rings is 1. The van der Waals surface area contributed by atoms with Gasteiger partial charge in [-0.3, -0.25) is 4.90 Å². The van der Waals surface area contributed by atoms with Gasteiger partial charge in [-0.25, -0.2) is 4.39 Å². The molecule has 2 heterocycles. The Morgan fingerprint density at radius 1 is 1.03 bits per heavy atom. The van der Waals surface area contributed by atoms with E-state index in [9.17, 15) is 20.1 Å². The minimum Gasteiger partial charge on any atom is -0.617 e. The van der Waals surface area contributed by atoms with Gasteiger partial charge in [-0.05, 0) is 12.1 Å². The second-order valence-corrected chi connectivity index (χ2v) is 7.11. The fourth-order valence-corrected chi connectivity index (χ4v) is 3.84. The average Bonchev–Trinajstić information content (AvgIpc) is 2.77. The lowest BCUT2D eigenvalue weighted by atomic mass is 10.1. The van der Waals surface area contributed by atoms with E-state index in [2.05, 4.69) is 4.90 Å². The Hall–Kier alpha value is -3.48. The van der Waals surface area contributed by atoms with Gasteiger partial charge in [-0.1, -0.05) is 18.2 Å². The van der Waals surface area contributed by atoms with E-state index >= 15 is 0 Å². The lowest BCUT2D eigenvalue weighted by Gasteiger charge is -2.35. The number of aromatic nitrogens is 2. The highest BCUT2D eigenvalue weighted by Gasteiger charge is 2.32. The number of nitrogens with zero attached hydrogens (tertiary/aromatic N) is 5. The zero-order chi connectivity index (χ0) is 21.3. The number of benzene rings is 2. The molecule has 4 rings (SSSR count). The van der Waals surface area contributed by atoms with Crippen LogP contribution in [0, 0.1) is 27.6 Å². The molecule has 30 heavy (non-hydrogen) atoms. The number of hydrogen-bond acceptors (Lipinski definition) is 6. The first-order chi connectivity index (χ1) is 14.5. The summed E-state index contributed by atoms with van der Waals surface area (Å²) >= 11 is 0. The second kappa shape index (κ2) is 8.10. The van der Waals surface area contributed by atoms with E-state index < -0.39 is 5.82 Å². The molecule has 0 spiro atoms. The van der Waals surface area contributed by atoms with Crippen molar-refractivity contribution in [2.24, 2.45) is 0 Å². The van der Waals surface area contributed by atoms with Gasteiger partial charge in [0.05, 0.1) is 23.9 Å². The summed E-state index contributed by atoms with van der Waals surface area (Å²) < 4.78 is 15.7. The third-order valence-electron chi connectivity index (χ3n) is 5.39. The molecular formula is C21H20FN5O3. The maximum atomic E-state index is 14.9. The van der Waals surface area contributed by atoms with Gasteiger partial charge in [0.1, 0.15) is 0 Å². The minimum absolute atomic E-state index is 0.00274. The summed E-state index contributed by atoms with van der Waals surface area (Å²) in [6.45, 7) is 2.98. The average molecular weight is 409 g/mol. The van der Waals surface area contributed by atoms with Gasteiger partial charge in [-0.2, -0.15) is 9.99 Å². The van der Waals surface area contributed by atoms with Gasteiger partial charge in [0, 0.05) is 38.8 Å². The Kier molecular flexibility index (Phi) is 5.35. The van der Waals surface area contributed by atoms with Crippen LogP contribution in [0.3, 0.4) is 0 Å². The standard InChI is InChI=1S/C21H20FN5O3/c22-16-12-18-19(13-17(16)25-8-6-24(7-9-25)10-11-28)27(30)21(20(14-23)26(18)29)15-4-2-1-3-5-15/h1-5,12-13,28H,6-11H2. The summed E-state index contributed by atoms with van der Waals surface area (Å²) in [5.74, 6) is -0.626. The van der Waals surface area contributed by atoms with E-state index in [-0.39, 0.29) is 34.7 Å². The Labute approximate surface area is 172 Å². The summed E-state index contributed by atoms with van der Waals surface area (Å²) in [5.41, 5.74) is 0.0244. The number of aliphatic hydroxyl groups excluding tert-OH is 1. The Balaban J connectivity index is 1.84. The maximum absolute atomic E-state index is 14.9. The molecule has 0 saturated carbocycles. The number of β-amino-alcohol motifs (C(OH)–C–C–N with tert-alkyl or cyclic N) is 1. The monoisotopic (exact) mass is 409 g/mol. The van der Waals surface area contributed by atoms with Crippen molar-refractivity contribution in [3.8, 4) is 17.3 Å². The van der Waals surface area contributed by atoms with Crippen LogP contribution in [-0.4, -0.2) is 49.3 Å². The van der Waals surface area contributed by atoms with Crippen LogP contribution in [0.25, 0.3) is 22.3 Å². The first kappa shape index (κ1) is 19.8. The fraction of sp³-hybridized carbons (Fsp3) is 0.286. The molecular weight excluding hydrogens is 389 g/mol. The molecule has 3 aromatic rings. The third-order valence-corrected chi connectivity index (χ3v) is 5.39. The zero-order valence-corrected chi connectivity index (χ0v) is 16.2. The van der Waals surface area contributed by atoms with E-state index in [1.165, 1.54) is 6.07 Å². The molecule has 0 unspecified atom stereocenters. The van der Waals surface area contributed by atoms with Crippen LogP contribution in [0.1, 0.15) is 5.69 Å². The molecule has 0 aliphatic carbocycles. The van der Waals surface area contributed by atoms with Crippen molar-refractivity contribution < 1.29 is 19.0 Å². The van der Waals surface area contributed by atoms with Crippen LogP contribution >= 0.6 is 0 Å². The highest BCUT2D eigenvalue weighted by molar-refractivity contribution is 5.76. The van der Waals surface area contributed by atoms with Crippen LogP contribution in [0.4, 0.5) is 10.1 Å². The van der Waals surface area contributed by atoms with Crippen LogP contribution in [-0.2, 0) is 0 Å². The number of fused-ring (bicyclic) bond motifs is 1. The van der Waals surface area contributed by atoms with Crippen molar-refractivity contribution in [1.82, 2.24) is 4.90 Å². The largest absolute Gasteiger partial charge is 0.617 e. The number of nitriles is 1. The molecule has 8 nitrogen and oxygen atoms in total. The third kappa shape index (κ3) is 3.36. The number of aliphatic hydroxyl groups is 1. The first-order valence-corrected chi connectivity index (χ1v) is 9.61. The molecule has 1 aromatic heterocycles. The van der Waals surface area contributed by atoms with Crippen molar-refractivity contribution in [3.05, 3.63) is 64.4 Å². The van der Waals surface area contributed by atoms with Gasteiger partial charge in [0.2, 0.25) is 0 Å². The summed E-state index contributed by atoms with van der Waals surface area (Å²) in [5, 5.41) is 44.5. The van der Waals surface area contributed by atoms with Gasteiger partial charge in [0.25, 0.3) is 11.0 Å². The summed E-state index contributed by atoms with van der Waals surface area (Å²) in [6.07, 6.45) is 0. The SMILES string of the molecule is N#Cc1c(-c2ccccc2)[n+]([O-])c2cc(N3CCN(CCO)CC3)c(F)cc2[n+]1[O-]. The summed E-state index contributed by atoms with van der Waals surface area (Å²) in [7, 11) is 0.